The van der Waals surface area contributed by atoms with Crippen molar-refractivity contribution < 1.29 is 13.5 Å². The Kier molecular flexibility index (Phi) is 3.02. The highest BCUT2D eigenvalue weighted by Crippen LogP contribution is 2.27. The molecule has 1 atom stereocenters. The van der Waals surface area contributed by atoms with Crippen molar-refractivity contribution in [2.24, 2.45) is 0 Å². The summed E-state index contributed by atoms with van der Waals surface area (Å²) in [6, 6.07) is 2.80. The van der Waals surface area contributed by atoms with E-state index >= 15 is 0 Å². The van der Waals surface area contributed by atoms with Gasteiger partial charge in [0.1, 0.15) is 12.0 Å². The third-order valence-corrected chi connectivity index (χ3v) is 3.46. The maximum atomic E-state index is 14.1. The average Bonchev–Trinajstić information content (AvgIpc) is 2.77. The van der Waals surface area contributed by atoms with Crippen molar-refractivity contribution in [1.82, 2.24) is 4.98 Å². The van der Waals surface area contributed by atoms with E-state index in [4.69, 9.17) is 9.15 Å². The van der Waals surface area contributed by atoms with Crippen LogP contribution in [0, 0.1) is 5.82 Å². The number of benzene rings is 1. The van der Waals surface area contributed by atoms with Gasteiger partial charge in [-0.1, -0.05) is 0 Å². The maximum Gasteiger partial charge on any atom is 0.417 e. The zero-order chi connectivity index (χ0) is 13.4. The molecule has 0 radical (unpaired) electrons. The molecule has 0 aliphatic carbocycles. The number of ether oxygens (including phenoxy) is 1. The van der Waals surface area contributed by atoms with E-state index in [1.165, 1.54) is 12.1 Å². The van der Waals surface area contributed by atoms with Crippen LogP contribution in [-0.2, 0) is 4.74 Å². The van der Waals surface area contributed by atoms with E-state index < -0.39 is 11.6 Å². The van der Waals surface area contributed by atoms with Crippen molar-refractivity contribution in [3.8, 4) is 0 Å². The smallest absolute Gasteiger partial charge is 0.408 e. The molecule has 1 fully saturated rings. The Morgan fingerprint density at radius 1 is 1.42 bits per heavy atom. The molecular weight excluding hydrogens is 251 g/mol. The van der Waals surface area contributed by atoms with Gasteiger partial charge in [0, 0.05) is 25.8 Å². The second-order valence-corrected chi connectivity index (χ2v) is 4.75. The molecule has 0 saturated carbocycles. The molecular formula is C13H15FN2O3. The molecule has 0 amide bonds. The predicted octanol–water partition coefficient (Wildman–Crippen LogP) is 2.22. The molecule has 102 valence electrons. The molecule has 0 bridgehead atoms. The summed E-state index contributed by atoms with van der Waals surface area (Å²) in [6.07, 6.45) is 2.84. The highest BCUT2D eigenvalue weighted by Gasteiger charge is 2.22. The summed E-state index contributed by atoms with van der Waals surface area (Å²) in [5.74, 6) is -0.982. The zero-order valence-electron chi connectivity index (χ0n) is 10.6. The molecule has 3 rings (SSSR count). The van der Waals surface area contributed by atoms with Gasteiger partial charge in [-0.25, -0.2) is 9.18 Å². The highest BCUT2D eigenvalue weighted by atomic mass is 19.1. The Morgan fingerprint density at radius 2 is 2.26 bits per heavy atom. The molecule has 2 heterocycles. The summed E-state index contributed by atoms with van der Waals surface area (Å²) in [7, 11) is 1.78. The van der Waals surface area contributed by atoms with Crippen LogP contribution in [0.15, 0.2) is 21.3 Å². The highest BCUT2D eigenvalue weighted by molar-refractivity contribution is 5.77. The van der Waals surface area contributed by atoms with Crippen LogP contribution in [0.5, 0.6) is 0 Å². The van der Waals surface area contributed by atoms with Gasteiger partial charge in [0.2, 0.25) is 0 Å². The predicted molar refractivity (Wildman–Crippen MR) is 68.8 cm³/mol. The van der Waals surface area contributed by atoms with Crippen LogP contribution in [0.1, 0.15) is 19.3 Å². The van der Waals surface area contributed by atoms with Crippen molar-refractivity contribution in [3.63, 3.8) is 0 Å². The van der Waals surface area contributed by atoms with Crippen LogP contribution in [0.4, 0.5) is 10.1 Å². The summed E-state index contributed by atoms with van der Waals surface area (Å²) in [4.78, 5) is 15.3. The molecule has 1 aliphatic rings. The molecule has 5 nitrogen and oxygen atoms in total. The van der Waals surface area contributed by atoms with Gasteiger partial charge in [-0.05, 0) is 19.3 Å². The van der Waals surface area contributed by atoms with E-state index in [-0.39, 0.29) is 6.23 Å². The Bertz CT molecular complexity index is 643. The van der Waals surface area contributed by atoms with Crippen LogP contribution < -0.4 is 10.7 Å². The van der Waals surface area contributed by atoms with E-state index in [1.807, 2.05) is 0 Å². The first kappa shape index (κ1) is 12.2. The summed E-state index contributed by atoms with van der Waals surface area (Å²) in [6.45, 7) is 0.693. The van der Waals surface area contributed by atoms with Gasteiger partial charge >= 0.3 is 5.76 Å². The number of fused-ring (bicyclic) bond motifs is 1. The van der Waals surface area contributed by atoms with Crippen LogP contribution in [0.2, 0.25) is 0 Å². The second-order valence-electron chi connectivity index (χ2n) is 4.75. The summed E-state index contributed by atoms with van der Waals surface area (Å²) < 4.78 is 24.7. The number of rotatable bonds is 2. The number of anilines is 1. The standard InChI is InChI=1S/C13H15FN2O3/c1-16(12-4-2-3-5-18-12)10-7-11-9(6-8(10)14)15-13(17)19-11/h6-7,12H,2-5H2,1H3,(H,15,17). The fraction of sp³-hybridized carbons (Fsp3) is 0.462. The third-order valence-electron chi connectivity index (χ3n) is 3.46. The third kappa shape index (κ3) is 2.23. The lowest BCUT2D eigenvalue weighted by Gasteiger charge is -2.32. The van der Waals surface area contributed by atoms with Gasteiger partial charge in [-0.3, -0.25) is 4.98 Å². The Hall–Kier alpha value is -1.82. The Labute approximate surface area is 109 Å². The largest absolute Gasteiger partial charge is 0.417 e. The van der Waals surface area contributed by atoms with E-state index in [2.05, 4.69) is 4.98 Å². The molecule has 1 aromatic carbocycles. The van der Waals surface area contributed by atoms with Crippen molar-refractivity contribution >= 4 is 16.8 Å². The summed E-state index contributed by atoms with van der Waals surface area (Å²) >= 11 is 0. The summed E-state index contributed by atoms with van der Waals surface area (Å²) in [5, 5.41) is 0. The van der Waals surface area contributed by atoms with Gasteiger partial charge < -0.3 is 14.1 Å². The molecule has 0 spiro atoms. The van der Waals surface area contributed by atoms with E-state index in [9.17, 15) is 9.18 Å². The number of H-pyrrole nitrogens is 1. The van der Waals surface area contributed by atoms with Gasteiger partial charge in [0.05, 0.1) is 11.2 Å². The number of oxazole rings is 1. The second kappa shape index (κ2) is 4.70. The van der Waals surface area contributed by atoms with Crippen LogP contribution >= 0.6 is 0 Å². The van der Waals surface area contributed by atoms with Gasteiger partial charge in [0.15, 0.2) is 5.58 Å². The zero-order valence-corrected chi connectivity index (χ0v) is 10.6. The lowest BCUT2D eigenvalue weighted by Crippen LogP contribution is -2.37. The number of nitrogens with zero attached hydrogens (tertiary/aromatic N) is 1. The molecule has 1 saturated heterocycles. The number of aromatic nitrogens is 1. The van der Waals surface area contributed by atoms with Crippen molar-refractivity contribution in [2.75, 3.05) is 18.6 Å². The average molecular weight is 266 g/mol. The fourth-order valence-corrected chi connectivity index (χ4v) is 2.41. The SMILES string of the molecule is CN(c1cc2oc(=O)[nH]c2cc1F)C1CCCCO1. The van der Waals surface area contributed by atoms with Gasteiger partial charge in [-0.15, -0.1) is 0 Å². The van der Waals surface area contributed by atoms with E-state index in [1.54, 1.807) is 11.9 Å². The minimum Gasteiger partial charge on any atom is -0.408 e. The van der Waals surface area contributed by atoms with E-state index in [0.29, 0.717) is 23.4 Å². The number of aromatic amines is 1. The molecule has 1 unspecified atom stereocenters. The van der Waals surface area contributed by atoms with Crippen LogP contribution in [0.3, 0.4) is 0 Å². The first-order valence-corrected chi connectivity index (χ1v) is 6.32. The number of hydrogen-bond donors (Lipinski definition) is 1. The fourth-order valence-electron chi connectivity index (χ4n) is 2.41. The molecule has 1 aromatic heterocycles. The normalized spacial score (nSPS) is 19.8. The van der Waals surface area contributed by atoms with Crippen LogP contribution in [0.25, 0.3) is 11.1 Å². The minimum atomic E-state index is -0.580. The van der Waals surface area contributed by atoms with Crippen molar-refractivity contribution in [2.45, 2.75) is 25.5 Å². The van der Waals surface area contributed by atoms with Gasteiger partial charge in [0.25, 0.3) is 0 Å². The number of halogens is 1. The lowest BCUT2D eigenvalue weighted by atomic mass is 10.1. The minimum absolute atomic E-state index is 0.133. The van der Waals surface area contributed by atoms with Crippen molar-refractivity contribution in [3.05, 3.63) is 28.5 Å². The Balaban J connectivity index is 1.98. The first-order chi connectivity index (χ1) is 9.15. The van der Waals surface area contributed by atoms with Gasteiger partial charge in [-0.2, -0.15) is 0 Å². The number of nitrogens with one attached hydrogen (secondary N) is 1. The van der Waals surface area contributed by atoms with Crippen LogP contribution in [-0.4, -0.2) is 24.9 Å². The molecule has 1 N–H and O–H groups in total. The lowest BCUT2D eigenvalue weighted by molar-refractivity contribution is 0.0171. The topological polar surface area (TPSA) is 58.5 Å². The van der Waals surface area contributed by atoms with E-state index in [0.717, 1.165) is 19.3 Å². The first-order valence-electron chi connectivity index (χ1n) is 6.32. The Morgan fingerprint density at radius 3 is 3.00 bits per heavy atom. The monoisotopic (exact) mass is 266 g/mol. The molecule has 6 heteroatoms. The molecule has 19 heavy (non-hydrogen) atoms. The molecule has 2 aromatic rings. The number of hydrogen-bond acceptors (Lipinski definition) is 4. The van der Waals surface area contributed by atoms with Crippen molar-refractivity contribution in [1.29, 1.82) is 0 Å². The summed E-state index contributed by atoms with van der Waals surface area (Å²) in [5.41, 5.74) is 1.09. The molecule has 1 aliphatic heterocycles. The quantitative estimate of drug-likeness (QED) is 0.905. The maximum absolute atomic E-state index is 14.1.